The van der Waals surface area contributed by atoms with Crippen LogP contribution < -0.4 is 10.6 Å². The van der Waals surface area contributed by atoms with E-state index in [9.17, 15) is 9.59 Å². The molecule has 0 aliphatic rings. The van der Waals surface area contributed by atoms with E-state index in [0.717, 1.165) is 0 Å². The Balaban J connectivity index is 3.90. The summed E-state index contributed by atoms with van der Waals surface area (Å²) < 4.78 is 4.64. The van der Waals surface area contributed by atoms with Crippen molar-refractivity contribution in [2.75, 3.05) is 26.3 Å². The average molecular weight is 262 g/mol. The van der Waals surface area contributed by atoms with Crippen LogP contribution in [0.1, 0.15) is 20.3 Å². The SMILES string of the molecule is CCNC(=O)C(CC)CNC(=O)OCC(O)CO. The summed E-state index contributed by atoms with van der Waals surface area (Å²) in [6.45, 7) is 3.65. The number of nitrogens with one attached hydrogen (secondary N) is 2. The van der Waals surface area contributed by atoms with Crippen LogP contribution in [0, 0.1) is 5.92 Å². The molecule has 0 fully saturated rings. The van der Waals surface area contributed by atoms with Crippen LogP contribution >= 0.6 is 0 Å². The first-order chi connectivity index (χ1) is 8.54. The number of rotatable bonds is 8. The van der Waals surface area contributed by atoms with E-state index in [1.807, 2.05) is 13.8 Å². The molecule has 0 aromatic heterocycles. The Morgan fingerprint density at radius 3 is 2.44 bits per heavy atom. The van der Waals surface area contributed by atoms with Gasteiger partial charge in [0.2, 0.25) is 5.91 Å². The van der Waals surface area contributed by atoms with E-state index in [1.165, 1.54) is 0 Å². The van der Waals surface area contributed by atoms with Crippen LogP contribution in [0.5, 0.6) is 0 Å². The van der Waals surface area contributed by atoms with Gasteiger partial charge in [-0.1, -0.05) is 6.92 Å². The van der Waals surface area contributed by atoms with Crippen molar-refractivity contribution in [2.24, 2.45) is 5.92 Å². The highest BCUT2D eigenvalue weighted by Crippen LogP contribution is 2.01. The second kappa shape index (κ2) is 9.67. The molecule has 0 aromatic rings. The lowest BCUT2D eigenvalue weighted by Gasteiger charge is -2.15. The number of aliphatic hydroxyl groups is 2. The molecule has 0 bridgehead atoms. The minimum atomic E-state index is -1.08. The summed E-state index contributed by atoms with van der Waals surface area (Å²) in [6.07, 6.45) is -1.20. The smallest absolute Gasteiger partial charge is 0.407 e. The second-order valence-electron chi connectivity index (χ2n) is 3.82. The maximum atomic E-state index is 11.5. The summed E-state index contributed by atoms with van der Waals surface area (Å²) in [6, 6.07) is 0. The van der Waals surface area contributed by atoms with Crippen molar-refractivity contribution in [1.29, 1.82) is 0 Å². The number of carbonyl (C=O) groups excluding carboxylic acids is 2. The number of aliphatic hydroxyl groups excluding tert-OH is 2. The van der Waals surface area contributed by atoms with E-state index >= 15 is 0 Å². The molecule has 4 N–H and O–H groups in total. The molecular weight excluding hydrogens is 240 g/mol. The van der Waals surface area contributed by atoms with Crippen LogP contribution in [0.4, 0.5) is 4.79 Å². The number of hydrogen-bond acceptors (Lipinski definition) is 5. The Bertz CT molecular complexity index is 260. The summed E-state index contributed by atoms with van der Waals surface area (Å²) in [4.78, 5) is 22.7. The third-order valence-corrected chi connectivity index (χ3v) is 2.32. The molecule has 106 valence electrons. The Kier molecular flexibility index (Phi) is 8.95. The molecule has 0 aliphatic carbocycles. The summed E-state index contributed by atoms with van der Waals surface area (Å²) in [5, 5.41) is 22.6. The molecule has 0 rings (SSSR count). The fourth-order valence-corrected chi connectivity index (χ4v) is 1.22. The predicted octanol–water partition coefficient (Wildman–Crippen LogP) is -0.772. The predicted molar refractivity (Wildman–Crippen MR) is 64.9 cm³/mol. The number of amides is 2. The zero-order valence-corrected chi connectivity index (χ0v) is 10.8. The monoisotopic (exact) mass is 262 g/mol. The van der Waals surface area contributed by atoms with Crippen LogP contribution in [0.15, 0.2) is 0 Å². The fraction of sp³-hybridized carbons (Fsp3) is 0.818. The first kappa shape index (κ1) is 16.7. The molecule has 2 unspecified atom stereocenters. The van der Waals surface area contributed by atoms with Gasteiger partial charge in [-0.25, -0.2) is 4.79 Å². The number of ether oxygens (including phenoxy) is 1. The third kappa shape index (κ3) is 7.08. The second-order valence-corrected chi connectivity index (χ2v) is 3.82. The van der Waals surface area contributed by atoms with Crippen molar-refractivity contribution in [1.82, 2.24) is 10.6 Å². The van der Waals surface area contributed by atoms with Gasteiger partial charge in [0.1, 0.15) is 12.7 Å². The minimum absolute atomic E-state index is 0.115. The lowest BCUT2D eigenvalue weighted by molar-refractivity contribution is -0.124. The summed E-state index contributed by atoms with van der Waals surface area (Å²) in [5.74, 6) is -0.420. The first-order valence-electron chi connectivity index (χ1n) is 6.02. The third-order valence-electron chi connectivity index (χ3n) is 2.32. The van der Waals surface area contributed by atoms with Crippen molar-refractivity contribution in [3.05, 3.63) is 0 Å². The Hall–Kier alpha value is -1.34. The van der Waals surface area contributed by atoms with Gasteiger partial charge >= 0.3 is 6.09 Å². The molecule has 0 saturated carbocycles. The molecule has 0 radical (unpaired) electrons. The van der Waals surface area contributed by atoms with E-state index in [2.05, 4.69) is 15.4 Å². The molecule has 0 spiro atoms. The van der Waals surface area contributed by atoms with Gasteiger partial charge in [-0.15, -0.1) is 0 Å². The standard InChI is InChI=1S/C11H22N2O5/c1-3-8(10(16)12-4-2)5-13-11(17)18-7-9(15)6-14/h8-9,14-15H,3-7H2,1-2H3,(H,12,16)(H,13,17). The molecule has 0 aliphatic heterocycles. The number of alkyl carbamates (subject to hydrolysis) is 1. The van der Waals surface area contributed by atoms with Crippen molar-refractivity contribution in [2.45, 2.75) is 26.4 Å². The molecule has 7 heteroatoms. The summed E-state index contributed by atoms with van der Waals surface area (Å²) in [7, 11) is 0. The van der Waals surface area contributed by atoms with Crippen LogP contribution in [-0.2, 0) is 9.53 Å². The van der Waals surface area contributed by atoms with Crippen LogP contribution in [0.3, 0.4) is 0 Å². The van der Waals surface area contributed by atoms with E-state index in [4.69, 9.17) is 10.2 Å². The number of carbonyl (C=O) groups is 2. The highest BCUT2D eigenvalue weighted by atomic mass is 16.6. The average Bonchev–Trinajstić information content (AvgIpc) is 2.36. The summed E-state index contributed by atoms with van der Waals surface area (Å²) in [5.41, 5.74) is 0. The fourth-order valence-electron chi connectivity index (χ4n) is 1.22. The molecular formula is C11H22N2O5. The highest BCUT2D eigenvalue weighted by molar-refractivity contribution is 5.79. The van der Waals surface area contributed by atoms with Crippen molar-refractivity contribution in [3.8, 4) is 0 Å². The van der Waals surface area contributed by atoms with Gasteiger partial charge in [0.15, 0.2) is 0 Å². The Labute approximate surface area is 107 Å². The molecule has 0 saturated heterocycles. The minimum Gasteiger partial charge on any atom is -0.447 e. The molecule has 18 heavy (non-hydrogen) atoms. The normalized spacial score (nSPS) is 13.6. The van der Waals surface area contributed by atoms with Gasteiger partial charge in [0, 0.05) is 13.1 Å². The van der Waals surface area contributed by atoms with Gasteiger partial charge in [-0.2, -0.15) is 0 Å². The van der Waals surface area contributed by atoms with E-state index in [0.29, 0.717) is 13.0 Å². The maximum absolute atomic E-state index is 11.5. The maximum Gasteiger partial charge on any atom is 0.407 e. The van der Waals surface area contributed by atoms with Gasteiger partial charge < -0.3 is 25.6 Å². The molecule has 0 heterocycles. The topological polar surface area (TPSA) is 108 Å². The lowest BCUT2D eigenvalue weighted by Crippen LogP contribution is -2.39. The van der Waals surface area contributed by atoms with Crippen LogP contribution in [0.25, 0.3) is 0 Å². The molecule has 0 aromatic carbocycles. The Morgan fingerprint density at radius 1 is 1.28 bits per heavy atom. The van der Waals surface area contributed by atoms with Crippen molar-refractivity contribution >= 4 is 12.0 Å². The van der Waals surface area contributed by atoms with Crippen molar-refractivity contribution in [3.63, 3.8) is 0 Å². The lowest BCUT2D eigenvalue weighted by atomic mass is 10.1. The van der Waals surface area contributed by atoms with Crippen LogP contribution in [-0.4, -0.2) is 54.6 Å². The van der Waals surface area contributed by atoms with Gasteiger partial charge in [0.05, 0.1) is 12.5 Å². The Morgan fingerprint density at radius 2 is 1.94 bits per heavy atom. The molecule has 2 amide bonds. The zero-order valence-electron chi connectivity index (χ0n) is 10.8. The quantitative estimate of drug-likeness (QED) is 0.459. The van der Waals surface area contributed by atoms with E-state index in [-0.39, 0.29) is 25.0 Å². The van der Waals surface area contributed by atoms with E-state index < -0.39 is 18.8 Å². The first-order valence-corrected chi connectivity index (χ1v) is 6.02. The zero-order chi connectivity index (χ0) is 14.0. The highest BCUT2D eigenvalue weighted by Gasteiger charge is 2.17. The van der Waals surface area contributed by atoms with Crippen LogP contribution in [0.2, 0.25) is 0 Å². The van der Waals surface area contributed by atoms with Crippen molar-refractivity contribution < 1.29 is 24.5 Å². The van der Waals surface area contributed by atoms with E-state index in [1.54, 1.807) is 0 Å². The van der Waals surface area contributed by atoms with Gasteiger partial charge in [-0.3, -0.25) is 4.79 Å². The summed E-state index contributed by atoms with van der Waals surface area (Å²) >= 11 is 0. The van der Waals surface area contributed by atoms with Gasteiger partial charge in [-0.05, 0) is 13.3 Å². The number of hydrogen-bond donors (Lipinski definition) is 4. The molecule has 2 atom stereocenters. The largest absolute Gasteiger partial charge is 0.447 e. The molecule has 7 nitrogen and oxygen atoms in total. The van der Waals surface area contributed by atoms with Gasteiger partial charge in [0.25, 0.3) is 0 Å².